The van der Waals surface area contributed by atoms with Crippen molar-refractivity contribution in [1.29, 1.82) is 0 Å². The van der Waals surface area contributed by atoms with E-state index in [1.54, 1.807) is 0 Å². The first kappa shape index (κ1) is 10.5. The molecule has 1 saturated heterocycles. The first-order valence-corrected chi connectivity index (χ1v) is 4.86. The van der Waals surface area contributed by atoms with Gasteiger partial charge in [-0.1, -0.05) is 0 Å². The molecule has 0 aliphatic carbocycles. The maximum absolute atomic E-state index is 11.5. The lowest BCUT2D eigenvalue weighted by molar-refractivity contribution is -0.130. The fourth-order valence-electron chi connectivity index (χ4n) is 1.62. The molecule has 0 radical (unpaired) electrons. The molecule has 4 heteroatoms. The number of likely N-dealkylation sites (tertiary alicyclic amines) is 1. The van der Waals surface area contributed by atoms with E-state index in [-0.39, 0.29) is 12.5 Å². The van der Waals surface area contributed by atoms with E-state index >= 15 is 0 Å². The Bertz CT molecular complexity index is 173. The quantitative estimate of drug-likeness (QED) is 0.626. The van der Waals surface area contributed by atoms with Crippen molar-refractivity contribution in [2.24, 2.45) is 11.7 Å². The second-order valence-corrected chi connectivity index (χ2v) is 3.57. The van der Waals surface area contributed by atoms with Crippen molar-refractivity contribution in [3.63, 3.8) is 0 Å². The molecule has 1 unspecified atom stereocenters. The van der Waals surface area contributed by atoms with Crippen molar-refractivity contribution in [3.05, 3.63) is 0 Å². The fourth-order valence-corrected chi connectivity index (χ4v) is 1.62. The molecule has 1 aliphatic heterocycles. The van der Waals surface area contributed by atoms with Crippen LogP contribution in [-0.2, 0) is 4.79 Å². The number of amides is 1. The summed E-state index contributed by atoms with van der Waals surface area (Å²) < 4.78 is 0. The summed E-state index contributed by atoms with van der Waals surface area (Å²) in [5.74, 6) is 0.475. The molecule has 4 nitrogen and oxygen atoms in total. The third-order valence-electron chi connectivity index (χ3n) is 2.49. The molecule has 0 aromatic carbocycles. The van der Waals surface area contributed by atoms with Gasteiger partial charge in [0.1, 0.15) is 0 Å². The van der Waals surface area contributed by atoms with Crippen molar-refractivity contribution in [2.45, 2.75) is 19.3 Å². The minimum absolute atomic E-state index is 0.182. The molecule has 0 saturated carbocycles. The molecule has 1 heterocycles. The molecule has 1 amide bonds. The predicted octanol–water partition coefficient (Wildman–Crippen LogP) is -0.434. The van der Waals surface area contributed by atoms with Crippen LogP contribution in [0.5, 0.6) is 0 Å². The Hall–Kier alpha value is -0.610. The summed E-state index contributed by atoms with van der Waals surface area (Å²) >= 11 is 0. The number of aliphatic hydroxyl groups excluding tert-OH is 1. The standard InChI is InChI=1S/C9H18N2O2/c10-4-1-2-9(13)11-5-3-8(6-11)7-12/h8,12H,1-7,10H2. The fraction of sp³-hybridized carbons (Fsp3) is 0.889. The Labute approximate surface area is 78.7 Å². The van der Waals surface area contributed by atoms with Crippen LogP contribution >= 0.6 is 0 Å². The minimum Gasteiger partial charge on any atom is -0.396 e. The summed E-state index contributed by atoms with van der Waals surface area (Å²) in [5, 5.41) is 8.88. The van der Waals surface area contributed by atoms with Crippen LogP contribution < -0.4 is 5.73 Å². The van der Waals surface area contributed by atoms with Crippen molar-refractivity contribution in [3.8, 4) is 0 Å². The predicted molar refractivity (Wildman–Crippen MR) is 50.1 cm³/mol. The molecular weight excluding hydrogens is 168 g/mol. The highest BCUT2D eigenvalue weighted by Crippen LogP contribution is 2.16. The molecule has 0 bridgehead atoms. The van der Waals surface area contributed by atoms with Crippen molar-refractivity contribution in [2.75, 3.05) is 26.2 Å². The van der Waals surface area contributed by atoms with Gasteiger partial charge in [0.2, 0.25) is 5.91 Å². The lowest BCUT2D eigenvalue weighted by Gasteiger charge is -2.15. The van der Waals surface area contributed by atoms with Gasteiger partial charge in [-0.25, -0.2) is 0 Å². The summed E-state index contributed by atoms with van der Waals surface area (Å²) in [6.07, 6.45) is 2.25. The van der Waals surface area contributed by atoms with E-state index in [2.05, 4.69) is 0 Å². The number of nitrogens with zero attached hydrogens (tertiary/aromatic N) is 1. The zero-order chi connectivity index (χ0) is 9.68. The molecule has 0 spiro atoms. The molecule has 1 aliphatic rings. The molecular formula is C9H18N2O2. The summed E-state index contributed by atoms with van der Waals surface area (Å²) in [7, 11) is 0. The van der Waals surface area contributed by atoms with E-state index in [0.29, 0.717) is 18.9 Å². The Morgan fingerprint density at radius 3 is 2.92 bits per heavy atom. The highest BCUT2D eigenvalue weighted by atomic mass is 16.3. The Balaban J connectivity index is 2.25. The topological polar surface area (TPSA) is 66.6 Å². The van der Waals surface area contributed by atoms with Gasteiger partial charge in [0.05, 0.1) is 0 Å². The van der Waals surface area contributed by atoms with Gasteiger partial charge in [-0.2, -0.15) is 0 Å². The van der Waals surface area contributed by atoms with Gasteiger partial charge >= 0.3 is 0 Å². The number of aliphatic hydroxyl groups is 1. The van der Waals surface area contributed by atoms with E-state index in [1.165, 1.54) is 0 Å². The van der Waals surface area contributed by atoms with Gasteiger partial charge in [-0.05, 0) is 19.4 Å². The van der Waals surface area contributed by atoms with Gasteiger partial charge in [0.25, 0.3) is 0 Å². The van der Waals surface area contributed by atoms with E-state index in [4.69, 9.17) is 10.8 Å². The number of hydrogen-bond acceptors (Lipinski definition) is 3. The average Bonchev–Trinajstić information content (AvgIpc) is 2.62. The van der Waals surface area contributed by atoms with Crippen LogP contribution in [-0.4, -0.2) is 42.2 Å². The lowest BCUT2D eigenvalue weighted by Crippen LogP contribution is -2.29. The van der Waals surface area contributed by atoms with Crippen LogP contribution in [0.1, 0.15) is 19.3 Å². The molecule has 13 heavy (non-hydrogen) atoms. The van der Waals surface area contributed by atoms with E-state index < -0.39 is 0 Å². The zero-order valence-corrected chi connectivity index (χ0v) is 7.91. The molecule has 0 aromatic heterocycles. The Morgan fingerprint density at radius 2 is 2.38 bits per heavy atom. The largest absolute Gasteiger partial charge is 0.396 e. The first-order valence-electron chi connectivity index (χ1n) is 4.86. The molecule has 1 rings (SSSR count). The van der Waals surface area contributed by atoms with Gasteiger partial charge < -0.3 is 15.7 Å². The molecule has 1 fully saturated rings. The molecule has 3 N–H and O–H groups in total. The normalized spacial score (nSPS) is 22.3. The summed E-state index contributed by atoms with van der Waals surface area (Å²) in [6.45, 7) is 2.29. The van der Waals surface area contributed by atoms with Gasteiger partial charge in [0, 0.05) is 32.0 Å². The highest BCUT2D eigenvalue weighted by Gasteiger charge is 2.24. The zero-order valence-electron chi connectivity index (χ0n) is 7.91. The number of carbonyl (C=O) groups excluding carboxylic acids is 1. The smallest absolute Gasteiger partial charge is 0.222 e. The van der Waals surface area contributed by atoms with Gasteiger partial charge in [-0.3, -0.25) is 4.79 Å². The average molecular weight is 186 g/mol. The van der Waals surface area contributed by atoms with E-state index in [0.717, 1.165) is 25.9 Å². The maximum atomic E-state index is 11.5. The van der Waals surface area contributed by atoms with Gasteiger partial charge in [0.15, 0.2) is 0 Å². The molecule has 76 valence electrons. The summed E-state index contributed by atoms with van der Waals surface area (Å²) in [5.41, 5.74) is 5.32. The summed E-state index contributed by atoms with van der Waals surface area (Å²) in [4.78, 5) is 13.3. The Morgan fingerprint density at radius 1 is 1.62 bits per heavy atom. The maximum Gasteiger partial charge on any atom is 0.222 e. The van der Waals surface area contributed by atoms with Crippen LogP contribution in [0.2, 0.25) is 0 Å². The van der Waals surface area contributed by atoms with Crippen LogP contribution in [0.3, 0.4) is 0 Å². The van der Waals surface area contributed by atoms with E-state index in [1.807, 2.05) is 4.90 Å². The highest BCUT2D eigenvalue weighted by molar-refractivity contribution is 5.76. The second-order valence-electron chi connectivity index (χ2n) is 3.57. The second kappa shape index (κ2) is 5.19. The molecule has 0 aromatic rings. The van der Waals surface area contributed by atoms with Crippen LogP contribution in [0, 0.1) is 5.92 Å². The van der Waals surface area contributed by atoms with Crippen molar-refractivity contribution >= 4 is 5.91 Å². The first-order chi connectivity index (χ1) is 6.27. The van der Waals surface area contributed by atoms with Crippen molar-refractivity contribution < 1.29 is 9.90 Å². The van der Waals surface area contributed by atoms with Gasteiger partial charge in [-0.15, -0.1) is 0 Å². The summed E-state index contributed by atoms with van der Waals surface area (Å²) in [6, 6.07) is 0. The van der Waals surface area contributed by atoms with Crippen LogP contribution in [0.4, 0.5) is 0 Å². The number of nitrogens with two attached hydrogens (primary N) is 1. The monoisotopic (exact) mass is 186 g/mol. The Kier molecular flexibility index (Phi) is 4.18. The third kappa shape index (κ3) is 2.97. The third-order valence-corrected chi connectivity index (χ3v) is 2.49. The number of hydrogen-bond donors (Lipinski definition) is 2. The number of rotatable bonds is 4. The van der Waals surface area contributed by atoms with Crippen molar-refractivity contribution in [1.82, 2.24) is 4.90 Å². The number of carbonyl (C=O) groups is 1. The minimum atomic E-state index is 0.182. The molecule has 1 atom stereocenters. The van der Waals surface area contributed by atoms with Crippen LogP contribution in [0.15, 0.2) is 0 Å². The van der Waals surface area contributed by atoms with Crippen LogP contribution in [0.25, 0.3) is 0 Å². The van der Waals surface area contributed by atoms with E-state index in [9.17, 15) is 4.79 Å². The lowest BCUT2D eigenvalue weighted by atomic mass is 10.1. The SMILES string of the molecule is NCCCC(=O)N1CCC(CO)C1.